The molecule has 0 saturated carbocycles. The van der Waals surface area contributed by atoms with Gasteiger partial charge in [-0.1, -0.05) is 37.3 Å². The maximum Gasteiger partial charge on any atom is 0.333 e. The number of oxazole rings is 1. The van der Waals surface area contributed by atoms with Gasteiger partial charge in [0.2, 0.25) is 5.89 Å². The van der Waals surface area contributed by atoms with Gasteiger partial charge in [0, 0.05) is 12.5 Å². The molecule has 0 amide bonds. The van der Waals surface area contributed by atoms with Gasteiger partial charge in [-0.05, 0) is 31.9 Å². The summed E-state index contributed by atoms with van der Waals surface area (Å²) in [6.45, 7) is 6.39. The quantitative estimate of drug-likeness (QED) is 0.320. The number of hydrogen-bond donors (Lipinski definition) is 2. The van der Waals surface area contributed by atoms with Crippen molar-refractivity contribution in [2.75, 3.05) is 13.2 Å². The fourth-order valence-corrected chi connectivity index (χ4v) is 5.30. The number of aryl methyl sites for hydroxylation is 1. The smallest absolute Gasteiger partial charge is 0.333 e. The van der Waals surface area contributed by atoms with Gasteiger partial charge in [-0.25, -0.2) is 19.1 Å². The number of carbonyl (C=O) groups is 1. The Balaban J connectivity index is 1.99. The topological polar surface area (TPSA) is 137 Å². The minimum absolute atomic E-state index is 0.0124. The van der Waals surface area contributed by atoms with Gasteiger partial charge < -0.3 is 19.4 Å². The van der Waals surface area contributed by atoms with Gasteiger partial charge >= 0.3 is 11.7 Å². The highest BCUT2D eigenvalue weighted by atomic mass is 32.1. The van der Waals surface area contributed by atoms with E-state index >= 15 is 0 Å². The summed E-state index contributed by atoms with van der Waals surface area (Å²) in [6.07, 6.45) is 2.29. The van der Waals surface area contributed by atoms with Crippen LogP contribution in [-0.4, -0.2) is 43.5 Å². The van der Waals surface area contributed by atoms with E-state index < -0.39 is 28.9 Å². The molecule has 0 radical (unpaired) electrons. The van der Waals surface area contributed by atoms with E-state index in [1.807, 2.05) is 37.3 Å². The Morgan fingerprint density at radius 1 is 1.24 bits per heavy atom. The van der Waals surface area contributed by atoms with E-state index in [1.165, 1.54) is 42.2 Å². The number of fused-ring (bicyclic) bond motifs is 1. The maximum atomic E-state index is 13.9. The molecule has 37 heavy (non-hydrogen) atoms. The maximum absolute atomic E-state index is 13.9. The highest BCUT2D eigenvalue weighted by Crippen LogP contribution is 2.36. The Morgan fingerprint density at radius 3 is 2.54 bits per heavy atom. The first-order valence-corrected chi connectivity index (χ1v) is 12.6. The van der Waals surface area contributed by atoms with Crippen molar-refractivity contribution in [3.63, 3.8) is 0 Å². The number of rotatable bonds is 10. The third-order valence-corrected chi connectivity index (χ3v) is 7.64. The van der Waals surface area contributed by atoms with E-state index in [9.17, 15) is 24.6 Å². The first-order valence-electron chi connectivity index (χ1n) is 11.8. The summed E-state index contributed by atoms with van der Waals surface area (Å²) >= 11 is 1.18. The van der Waals surface area contributed by atoms with Crippen molar-refractivity contribution in [3.8, 4) is 10.8 Å². The van der Waals surface area contributed by atoms with Crippen LogP contribution in [0.5, 0.6) is 0 Å². The number of benzene rings is 1. The molecule has 3 heterocycles. The van der Waals surface area contributed by atoms with E-state index in [-0.39, 0.29) is 31.1 Å². The fourth-order valence-electron chi connectivity index (χ4n) is 4.06. The highest BCUT2D eigenvalue weighted by Gasteiger charge is 2.36. The molecule has 3 aromatic heterocycles. The average Bonchev–Trinajstić information content (AvgIpc) is 3.52. The molecule has 0 fully saturated rings. The third kappa shape index (κ3) is 4.89. The van der Waals surface area contributed by atoms with Gasteiger partial charge in [0.05, 0.1) is 29.6 Å². The first kappa shape index (κ1) is 26.5. The van der Waals surface area contributed by atoms with Gasteiger partial charge in [-0.15, -0.1) is 11.3 Å². The van der Waals surface area contributed by atoms with Crippen LogP contribution >= 0.6 is 11.3 Å². The molecule has 0 bridgehead atoms. The Kier molecular flexibility index (Phi) is 7.49. The lowest BCUT2D eigenvalue weighted by Crippen LogP contribution is -2.52. The second-order valence-corrected chi connectivity index (χ2v) is 10.5. The molecule has 4 aromatic rings. The van der Waals surface area contributed by atoms with Crippen molar-refractivity contribution in [2.24, 2.45) is 5.92 Å². The van der Waals surface area contributed by atoms with Crippen LogP contribution in [0.3, 0.4) is 0 Å². The average molecular weight is 528 g/mol. The number of aliphatic hydroxyl groups excluding tert-OH is 1. The fraction of sp³-hybridized carbons (Fsp3) is 0.385. The number of carboxylic acids is 1. The summed E-state index contributed by atoms with van der Waals surface area (Å²) in [5, 5.41) is 19.6. The monoisotopic (exact) mass is 527 g/mol. The van der Waals surface area contributed by atoms with Crippen LogP contribution in [0.2, 0.25) is 0 Å². The lowest BCUT2D eigenvalue weighted by atomic mass is 10.1. The van der Waals surface area contributed by atoms with Gasteiger partial charge in [0.25, 0.3) is 5.56 Å². The third-order valence-electron chi connectivity index (χ3n) is 6.33. The van der Waals surface area contributed by atoms with Crippen LogP contribution in [-0.2, 0) is 21.6 Å². The summed E-state index contributed by atoms with van der Waals surface area (Å²) in [7, 11) is 0. The second-order valence-electron chi connectivity index (χ2n) is 9.49. The molecular formula is C26H29N3O7S. The molecule has 11 heteroatoms. The van der Waals surface area contributed by atoms with E-state index in [0.29, 0.717) is 21.2 Å². The number of aromatic nitrogens is 3. The van der Waals surface area contributed by atoms with E-state index in [4.69, 9.17) is 9.15 Å². The first-order chi connectivity index (χ1) is 17.6. The van der Waals surface area contributed by atoms with Crippen LogP contribution in [0.4, 0.5) is 0 Å². The number of thiophene rings is 1. The SMILES string of the molecule is Cc1c(-c2ncco2)sc2c1c(=O)n(C(C)(C)C(=O)O)c(=O)n2C[C@@H](OC[C@@H](C)CO)c1ccccc1. The van der Waals surface area contributed by atoms with Crippen molar-refractivity contribution < 1.29 is 24.2 Å². The molecule has 0 saturated heterocycles. The molecule has 4 rings (SSSR count). The van der Waals surface area contributed by atoms with Gasteiger partial charge in [-0.2, -0.15) is 0 Å². The van der Waals surface area contributed by atoms with Crippen molar-refractivity contribution in [2.45, 2.75) is 45.9 Å². The van der Waals surface area contributed by atoms with Crippen molar-refractivity contribution in [1.29, 1.82) is 0 Å². The molecule has 0 spiro atoms. The van der Waals surface area contributed by atoms with Crippen molar-refractivity contribution in [3.05, 3.63) is 74.8 Å². The number of aliphatic carboxylic acids is 1. The predicted molar refractivity (Wildman–Crippen MR) is 139 cm³/mol. The molecule has 1 aromatic carbocycles. The molecule has 0 unspecified atom stereocenters. The Labute approximate surface area is 216 Å². The van der Waals surface area contributed by atoms with E-state index in [2.05, 4.69) is 4.98 Å². The number of nitrogens with zero attached hydrogens (tertiary/aromatic N) is 3. The zero-order chi connectivity index (χ0) is 26.9. The largest absolute Gasteiger partial charge is 0.480 e. The second kappa shape index (κ2) is 10.4. The summed E-state index contributed by atoms with van der Waals surface area (Å²) in [5.74, 6) is -1.15. The summed E-state index contributed by atoms with van der Waals surface area (Å²) in [4.78, 5) is 44.8. The molecule has 10 nitrogen and oxygen atoms in total. The number of hydrogen-bond acceptors (Lipinski definition) is 8. The molecule has 0 aliphatic carbocycles. The van der Waals surface area contributed by atoms with Crippen LogP contribution in [0.1, 0.15) is 38.0 Å². The molecule has 0 aliphatic rings. The zero-order valence-electron chi connectivity index (χ0n) is 21.0. The molecule has 2 N–H and O–H groups in total. The van der Waals surface area contributed by atoms with Crippen LogP contribution in [0, 0.1) is 12.8 Å². The Hall–Kier alpha value is -3.54. The number of aliphatic hydroxyl groups is 1. The van der Waals surface area contributed by atoms with Gasteiger partial charge in [0.15, 0.2) is 0 Å². The Morgan fingerprint density at radius 2 is 1.95 bits per heavy atom. The van der Waals surface area contributed by atoms with Crippen molar-refractivity contribution in [1.82, 2.24) is 14.1 Å². The minimum atomic E-state index is -1.81. The summed E-state index contributed by atoms with van der Waals surface area (Å²) in [5.41, 5.74) is -1.92. The lowest BCUT2D eigenvalue weighted by molar-refractivity contribution is -0.146. The van der Waals surface area contributed by atoms with Gasteiger partial charge in [-0.3, -0.25) is 9.36 Å². The lowest BCUT2D eigenvalue weighted by Gasteiger charge is -2.25. The summed E-state index contributed by atoms with van der Waals surface area (Å²) in [6, 6.07) is 9.30. The molecule has 196 valence electrons. The predicted octanol–water partition coefficient (Wildman–Crippen LogP) is 3.39. The summed E-state index contributed by atoms with van der Waals surface area (Å²) < 4.78 is 13.8. The van der Waals surface area contributed by atoms with E-state index in [1.54, 1.807) is 6.92 Å². The number of ether oxygens (including phenoxy) is 1. The van der Waals surface area contributed by atoms with E-state index in [0.717, 1.165) is 10.1 Å². The van der Waals surface area contributed by atoms with Crippen molar-refractivity contribution >= 4 is 27.5 Å². The molecule has 2 atom stereocenters. The molecule has 0 aliphatic heterocycles. The number of carboxylic acid groups (broad SMARTS) is 1. The van der Waals surface area contributed by atoms with Gasteiger partial charge in [0.1, 0.15) is 22.7 Å². The van der Waals surface area contributed by atoms with Crippen LogP contribution in [0.25, 0.3) is 21.0 Å². The normalized spacial score (nSPS) is 13.6. The van der Waals surface area contributed by atoms with Crippen LogP contribution in [0.15, 0.2) is 56.8 Å². The molecular weight excluding hydrogens is 498 g/mol. The van der Waals surface area contributed by atoms with Crippen LogP contribution < -0.4 is 11.2 Å². The zero-order valence-corrected chi connectivity index (χ0v) is 21.8. The minimum Gasteiger partial charge on any atom is -0.480 e. The standard InChI is InChI=1S/C26H29N3O7S/c1-15(13-30)14-36-18(17-8-6-5-7-9-17)12-28-23-19(16(2)20(37-23)21-27-10-11-35-21)22(31)29(25(28)34)26(3,4)24(32)33/h5-11,15,18,30H,12-14H2,1-4H3,(H,32,33)/t15-,18+/m0/s1. The Bertz CT molecular complexity index is 1520. The highest BCUT2D eigenvalue weighted by molar-refractivity contribution is 7.22.